The molecule has 1 saturated carbocycles. The predicted octanol–water partition coefficient (Wildman–Crippen LogP) is 2.96. The molecule has 0 unspecified atom stereocenters. The number of aromatic nitrogens is 2. The maximum atomic E-state index is 12.5. The summed E-state index contributed by atoms with van der Waals surface area (Å²) in [4.78, 5) is 23.7. The molecular formula is C17H19N3O4. The van der Waals surface area contributed by atoms with Gasteiger partial charge in [-0.15, -0.1) is 0 Å². The molecular weight excluding hydrogens is 310 g/mol. The average molecular weight is 329 g/mol. The summed E-state index contributed by atoms with van der Waals surface area (Å²) in [6, 6.07) is 6.41. The van der Waals surface area contributed by atoms with Crippen LogP contribution in [0.15, 0.2) is 30.5 Å². The fourth-order valence-corrected chi connectivity index (χ4v) is 3.07. The first-order valence-corrected chi connectivity index (χ1v) is 7.86. The van der Waals surface area contributed by atoms with Gasteiger partial charge < -0.3 is 15.2 Å². The summed E-state index contributed by atoms with van der Waals surface area (Å²) in [5.74, 6) is -1.15. The Morgan fingerprint density at radius 2 is 2.04 bits per heavy atom. The van der Waals surface area contributed by atoms with Crippen molar-refractivity contribution in [3.63, 3.8) is 0 Å². The lowest BCUT2D eigenvalue weighted by atomic mass is 10.1. The third-order valence-electron chi connectivity index (χ3n) is 4.26. The zero-order valence-corrected chi connectivity index (χ0v) is 13.4. The van der Waals surface area contributed by atoms with Gasteiger partial charge in [-0.25, -0.2) is 4.79 Å². The van der Waals surface area contributed by atoms with Crippen molar-refractivity contribution in [1.82, 2.24) is 9.78 Å². The van der Waals surface area contributed by atoms with Gasteiger partial charge in [0.1, 0.15) is 17.0 Å². The molecule has 1 aromatic heterocycles. The molecule has 126 valence electrons. The Bertz CT molecular complexity index is 763. The fraction of sp³-hybridized carbons (Fsp3) is 0.353. The van der Waals surface area contributed by atoms with Crippen LogP contribution in [-0.4, -0.2) is 33.9 Å². The molecule has 0 spiro atoms. The number of amides is 1. The van der Waals surface area contributed by atoms with E-state index in [4.69, 9.17) is 9.84 Å². The molecule has 1 aromatic carbocycles. The Morgan fingerprint density at radius 1 is 1.29 bits per heavy atom. The number of hydrogen-bond acceptors (Lipinski definition) is 4. The van der Waals surface area contributed by atoms with Crippen molar-refractivity contribution in [2.24, 2.45) is 0 Å². The van der Waals surface area contributed by atoms with Gasteiger partial charge in [0.05, 0.1) is 13.2 Å². The number of nitrogens with one attached hydrogen (secondary N) is 1. The molecule has 0 aliphatic heterocycles. The molecule has 1 aliphatic carbocycles. The molecule has 3 rings (SSSR count). The predicted molar refractivity (Wildman–Crippen MR) is 87.6 cm³/mol. The van der Waals surface area contributed by atoms with Gasteiger partial charge in [-0.1, -0.05) is 12.8 Å². The Morgan fingerprint density at radius 3 is 2.71 bits per heavy atom. The van der Waals surface area contributed by atoms with E-state index in [-0.39, 0.29) is 23.3 Å². The average Bonchev–Trinajstić information content (AvgIpc) is 3.25. The molecule has 1 fully saturated rings. The molecule has 24 heavy (non-hydrogen) atoms. The topological polar surface area (TPSA) is 93.5 Å². The molecule has 0 radical (unpaired) electrons. The van der Waals surface area contributed by atoms with Crippen LogP contribution in [0.4, 0.5) is 5.69 Å². The lowest BCUT2D eigenvalue weighted by Crippen LogP contribution is -2.20. The molecule has 0 bridgehead atoms. The Balaban J connectivity index is 1.80. The van der Waals surface area contributed by atoms with Crippen molar-refractivity contribution in [2.45, 2.75) is 31.7 Å². The highest BCUT2D eigenvalue weighted by atomic mass is 16.5. The van der Waals surface area contributed by atoms with Gasteiger partial charge in [0.2, 0.25) is 0 Å². The summed E-state index contributed by atoms with van der Waals surface area (Å²) in [6.07, 6.45) is 5.99. The van der Waals surface area contributed by atoms with Gasteiger partial charge in [-0.05, 0) is 31.0 Å². The van der Waals surface area contributed by atoms with Gasteiger partial charge in [0.15, 0.2) is 0 Å². The standard InChI is InChI=1S/C17H19N3O4/c1-24-15-10-11(6-7-13(15)17(22)23)19-16(21)14-8-9-18-20(14)12-4-2-3-5-12/h6-10,12H,2-5H2,1H3,(H,19,21)(H,22,23). The van der Waals surface area contributed by atoms with Gasteiger partial charge in [0.25, 0.3) is 5.91 Å². The first-order chi connectivity index (χ1) is 11.6. The number of methoxy groups -OCH3 is 1. The number of hydrogen-bond donors (Lipinski definition) is 2. The number of nitrogens with zero attached hydrogens (tertiary/aromatic N) is 2. The number of carbonyl (C=O) groups is 2. The summed E-state index contributed by atoms with van der Waals surface area (Å²) >= 11 is 0. The van der Waals surface area contributed by atoms with Crippen molar-refractivity contribution in [3.05, 3.63) is 41.7 Å². The molecule has 7 nitrogen and oxygen atoms in total. The maximum Gasteiger partial charge on any atom is 0.339 e. The largest absolute Gasteiger partial charge is 0.496 e. The van der Waals surface area contributed by atoms with E-state index in [1.807, 2.05) is 0 Å². The Kier molecular flexibility index (Phi) is 4.50. The smallest absolute Gasteiger partial charge is 0.339 e. The Labute approximate surface area is 139 Å². The van der Waals surface area contributed by atoms with Crippen LogP contribution in [-0.2, 0) is 0 Å². The summed E-state index contributed by atoms with van der Waals surface area (Å²) in [6.45, 7) is 0. The van der Waals surface area contributed by atoms with Crippen molar-refractivity contribution < 1.29 is 19.4 Å². The van der Waals surface area contributed by atoms with E-state index in [2.05, 4.69) is 10.4 Å². The summed E-state index contributed by atoms with van der Waals surface area (Å²) in [5, 5.41) is 16.2. The lowest BCUT2D eigenvalue weighted by Gasteiger charge is -2.14. The van der Waals surface area contributed by atoms with Crippen LogP contribution in [0.5, 0.6) is 5.75 Å². The number of carboxylic acid groups (broad SMARTS) is 1. The van der Waals surface area contributed by atoms with Crippen LogP contribution < -0.4 is 10.1 Å². The van der Waals surface area contributed by atoms with E-state index in [0.29, 0.717) is 11.4 Å². The molecule has 2 N–H and O–H groups in total. The maximum absolute atomic E-state index is 12.5. The van der Waals surface area contributed by atoms with Crippen LogP contribution in [0, 0.1) is 0 Å². The highest BCUT2D eigenvalue weighted by molar-refractivity contribution is 6.03. The second kappa shape index (κ2) is 6.74. The number of ether oxygens (including phenoxy) is 1. The van der Waals surface area contributed by atoms with Crippen LogP contribution in [0.1, 0.15) is 52.6 Å². The summed E-state index contributed by atoms with van der Waals surface area (Å²) < 4.78 is 6.86. The van der Waals surface area contributed by atoms with Crippen LogP contribution in [0.2, 0.25) is 0 Å². The van der Waals surface area contributed by atoms with Crippen LogP contribution in [0.25, 0.3) is 0 Å². The minimum absolute atomic E-state index is 0.0477. The van der Waals surface area contributed by atoms with E-state index in [9.17, 15) is 9.59 Å². The summed E-state index contributed by atoms with van der Waals surface area (Å²) in [5.41, 5.74) is 1.02. The Hall–Kier alpha value is -2.83. The second-order valence-corrected chi connectivity index (χ2v) is 5.77. The number of carbonyl (C=O) groups excluding carboxylic acids is 1. The first kappa shape index (κ1) is 16.0. The third kappa shape index (κ3) is 3.10. The molecule has 0 saturated heterocycles. The number of aromatic carboxylic acids is 1. The first-order valence-electron chi connectivity index (χ1n) is 7.86. The van der Waals surface area contributed by atoms with Gasteiger partial charge in [-0.2, -0.15) is 5.10 Å². The molecule has 1 aliphatic rings. The second-order valence-electron chi connectivity index (χ2n) is 5.77. The normalized spacial score (nSPS) is 14.5. The zero-order valence-electron chi connectivity index (χ0n) is 13.4. The zero-order chi connectivity index (χ0) is 17.1. The molecule has 1 amide bonds. The van der Waals surface area contributed by atoms with Gasteiger partial charge in [-0.3, -0.25) is 9.48 Å². The van der Waals surface area contributed by atoms with Crippen molar-refractivity contribution >= 4 is 17.6 Å². The van der Waals surface area contributed by atoms with E-state index >= 15 is 0 Å². The number of benzene rings is 1. The number of carboxylic acids is 1. The quantitative estimate of drug-likeness (QED) is 0.879. The van der Waals surface area contributed by atoms with E-state index in [0.717, 1.165) is 25.7 Å². The lowest BCUT2D eigenvalue weighted by molar-refractivity contribution is 0.0693. The number of rotatable bonds is 5. The van der Waals surface area contributed by atoms with Crippen molar-refractivity contribution in [1.29, 1.82) is 0 Å². The minimum Gasteiger partial charge on any atom is -0.496 e. The van der Waals surface area contributed by atoms with E-state index in [1.54, 1.807) is 23.0 Å². The fourth-order valence-electron chi connectivity index (χ4n) is 3.07. The van der Waals surface area contributed by atoms with E-state index < -0.39 is 5.97 Å². The minimum atomic E-state index is -1.08. The highest BCUT2D eigenvalue weighted by Crippen LogP contribution is 2.30. The highest BCUT2D eigenvalue weighted by Gasteiger charge is 2.23. The monoisotopic (exact) mass is 329 g/mol. The molecule has 7 heteroatoms. The van der Waals surface area contributed by atoms with E-state index in [1.165, 1.54) is 19.2 Å². The van der Waals surface area contributed by atoms with Crippen LogP contribution >= 0.6 is 0 Å². The summed E-state index contributed by atoms with van der Waals surface area (Å²) in [7, 11) is 1.39. The molecule has 0 atom stereocenters. The van der Waals surface area contributed by atoms with Crippen molar-refractivity contribution in [2.75, 3.05) is 12.4 Å². The van der Waals surface area contributed by atoms with Gasteiger partial charge >= 0.3 is 5.97 Å². The molecule has 2 aromatic rings. The van der Waals surface area contributed by atoms with Gasteiger partial charge in [0, 0.05) is 18.0 Å². The SMILES string of the molecule is COc1cc(NC(=O)c2ccnn2C2CCCC2)ccc1C(=O)O. The molecule has 1 heterocycles. The number of anilines is 1. The third-order valence-corrected chi connectivity index (χ3v) is 4.26. The van der Waals surface area contributed by atoms with Crippen LogP contribution in [0.3, 0.4) is 0 Å². The van der Waals surface area contributed by atoms with Crippen molar-refractivity contribution in [3.8, 4) is 5.75 Å².